The van der Waals surface area contributed by atoms with E-state index in [1.54, 1.807) is 5.57 Å². The Morgan fingerprint density at radius 2 is 1.89 bits per heavy atom. The first kappa shape index (κ1) is 14.2. The van der Waals surface area contributed by atoms with E-state index >= 15 is 0 Å². The maximum atomic E-state index is 2.72. The van der Waals surface area contributed by atoms with Crippen LogP contribution in [0.25, 0.3) is 0 Å². The first-order chi connectivity index (χ1) is 8.31. The van der Waals surface area contributed by atoms with Crippen LogP contribution < -0.4 is 0 Å². The summed E-state index contributed by atoms with van der Waals surface area (Å²) in [6.45, 7) is 7.49. The lowest BCUT2D eigenvalue weighted by atomic mass is 9.68. The highest BCUT2D eigenvalue weighted by atomic mass is 127. The minimum absolute atomic E-state index is 0.532. The predicted octanol–water partition coefficient (Wildman–Crippen LogP) is 5.98. The van der Waals surface area contributed by atoms with Crippen molar-refractivity contribution in [3.05, 3.63) is 11.6 Å². The largest absolute Gasteiger partial charge is 0.0853 e. The maximum absolute atomic E-state index is 2.72. The first-order valence-electron chi connectivity index (χ1n) is 7.35. The van der Waals surface area contributed by atoms with E-state index in [-0.39, 0.29) is 0 Å². The van der Waals surface area contributed by atoms with E-state index in [1.165, 1.54) is 32.1 Å². The molecule has 0 amide bonds. The van der Waals surface area contributed by atoms with E-state index in [9.17, 15) is 0 Å². The zero-order valence-corrected chi connectivity index (χ0v) is 16.0. The molecule has 3 rings (SSSR count). The van der Waals surface area contributed by atoms with E-state index in [0.29, 0.717) is 6.84 Å². The average molecular weight is 470 g/mol. The number of allylic oxidation sites excluding steroid dienone is 2. The normalized spacial score (nSPS) is 45.1. The number of alkyl halides is 2. The summed E-state index contributed by atoms with van der Waals surface area (Å²) in [4.78, 5) is 0. The topological polar surface area (TPSA) is 0 Å². The molecule has 0 aromatic heterocycles. The minimum Gasteiger partial charge on any atom is -0.0853 e. The fourth-order valence-corrected chi connectivity index (χ4v) is 6.70. The summed E-state index contributed by atoms with van der Waals surface area (Å²) in [5.41, 5.74) is 2.21. The number of halogens is 2. The van der Waals surface area contributed by atoms with Crippen LogP contribution in [-0.4, -0.2) is 1.43 Å². The second-order valence-electron chi connectivity index (χ2n) is 7.45. The van der Waals surface area contributed by atoms with Crippen LogP contribution in [0.3, 0.4) is 0 Å². The molecular formula is C16H24I2. The summed E-state index contributed by atoms with van der Waals surface area (Å²) in [5, 5.41) is 0. The second kappa shape index (κ2) is 4.60. The Morgan fingerprint density at radius 3 is 2.61 bits per heavy atom. The van der Waals surface area contributed by atoms with Crippen LogP contribution >= 0.6 is 45.2 Å². The van der Waals surface area contributed by atoms with Gasteiger partial charge in [-0.1, -0.05) is 70.7 Å². The Kier molecular flexibility index (Phi) is 3.62. The van der Waals surface area contributed by atoms with Crippen LogP contribution in [0.15, 0.2) is 11.6 Å². The Bertz CT molecular complexity index is 381. The summed E-state index contributed by atoms with van der Waals surface area (Å²) in [6, 6.07) is 0. The molecule has 0 N–H and O–H groups in total. The third-order valence-electron chi connectivity index (χ3n) is 6.14. The highest BCUT2D eigenvalue weighted by Gasteiger charge is 2.57. The SMILES string of the molecule is CC1=CCC2C3CCC(I)(I)CC3C(C)(C)C2C1. The smallest absolute Gasteiger partial charge is 0.0737 e. The van der Waals surface area contributed by atoms with Crippen molar-refractivity contribution in [1.29, 1.82) is 0 Å². The van der Waals surface area contributed by atoms with Crippen molar-refractivity contribution in [2.24, 2.45) is 29.1 Å². The Balaban J connectivity index is 1.92. The van der Waals surface area contributed by atoms with Gasteiger partial charge in [0.25, 0.3) is 0 Å². The zero-order valence-electron chi connectivity index (χ0n) is 11.7. The molecule has 3 aliphatic rings. The lowest BCUT2D eigenvalue weighted by molar-refractivity contribution is 0.137. The highest BCUT2D eigenvalue weighted by Crippen LogP contribution is 2.65. The van der Waals surface area contributed by atoms with E-state index < -0.39 is 0 Å². The molecule has 0 spiro atoms. The molecule has 4 unspecified atom stereocenters. The standard InChI is InChI=1S/C16H24I2/c1-10-4-5-11-12-6-7-16(17,18)9-14(12)15(2,3)13(11)8-10/h4,11-14H,5-9H2,1-3H3. The minimum atomic E-state index is 0.532. The zero-order chi connectivity index (χ0) is 13.1. The summed E-state index contributed by atoms with van der Waals surface area (Å²) in [6.07, 6.45) is 9.63. The monoisotopic (exact) mass is 470 g/mol. The van der Waals surface area contributed by atoms with Gasteiger partial charge in [-0.2, -0.15) is 0 Å². The van der Waals surface area contributed by atoms with Gasteiger partial charge in [0.2, 0.25) is 0 Å². The molecule has 0 heterocycles. The molecule has 102 valence electrons. The van der Waals surface area contributed by atoms with Gasteiger partial charge in [-0.15, -0.1) is 0 Å². The maximum Gasteiger partial charge on any atom is 0.0737 e. The Labute approximate surface area is 139 Å². The molecule has 2 saturated carbocycles. The van der Waals surface area contributed by atoms with Gasteiger partial charge in [0.05, 0.1) is 1.43 Å². The Hall–Kier alpha value is 1.20. The third kappa shape index (κ3) is 2.21. The summed E-state index contributed by atoms with van der Waals surface area (Å²) < 4.78 is 0.532. The fourth-order valence-electron chi connectivity index (χ4n) is 5.13. The molecule has 2 heteroatoms. The van der Waals surface area contributed by atoms with Gasteiger partial charge >= 0.3 is 0 Å². The van der Waals surface area contributed by atoms with E-state index in [1.807, 2.05) is 0 Å². The van der Waals surface area contributed by atoms with Gasteiger partial charge in [0, 0.05) is 0 Å². The highest BCUT2D eigenvalue weighted by molar-refractivity contribution is 14.2. The average Bonchev–Trinajstić information content (AvgIpc) is 2.47. The van der Waals surface area contributed by atoms with Gasteiger partial charge in [0.15, 0.2) is 0 Å². The van der Waals surface area contributed by atoms with Crippen LogP contribution in [-0.2, 0) is 0 Å². The van der Waals surface area contributed by atoms with Gasteiger partial charge in [-0.05, 0) is 68.1 Å². The number of rotatable bonds is 0. The molecule has 0 aromatic rings. The van der Waals surface area contributed by atoms with Crippen molar-refractivity contribution >= 4 is 45.2 Å². The molecule has 18 heavy (non-hydrogen) atoms. The van der Waals surface area contributed by atoms with Crippen LogP contribution in [0.2, 0.25) is 0 Å². The van der Waals surface area contributed by atoms with Crippen LogP contribution in [0.4, 0.5) is 0 Å². The van der Waals surface area contributed by atoms with Crippen molar-refractivity contribution in [1.82, 2.24) is 0 Å². The molecule has 3 aliphatic carbocycles. The molecule has 0 bridgehead atoms. The molecule has 0 aliphatic heterocycles. The first-order valence-corrected chi connectivity index (χ1v) is 9.50. The van der Waals surface area contributed by atoms with Gasteiger partial charge in [-0.3, -0.25) is 0 Å². The summed E-state index contributed by atoms with van der Waals surface area (Å²) in [7, 11) is 0. The van der Waals surface area contributed by atoms with Crippen molar-refractivity contribution in [3.63, 3.8) is 0 Å². The molecule has 0 saturated heterocycles. The van der Waals surface area contributed by atoms with Crippen molar-refractivity contribution in [3.8, 4) is 0 Å². The van der Waals surface area contributed by atoms with Crippen LogP contribution in [0, 0.1) is 29.1 Å². The number of fused-ring (bicyclic) bond motifs is 3. The molecule has 2 fully saturated rings. The number of hydrogen-bond acceptors (Lipinski definition) is 0. The molecule has 0 aromatic carbocycles. The van der Waals surface area contributed by atoms with E-state index in [4.69, 9.17) is 0 Å². The van der Waals surface area contributed by atoms with E-state index in [2.05, 4.69) is 72.0 Å². The second-order valence-corrected chi connectivity index (χ2v) is 13.6. The van der Waals surface area contributed by atoms with Crippen LogP contribution in [0.1, 0.15) is 52.9 Å². The molecule has 0 nitrogen and oxygen atoms in total. The molecule has 0 radical (unpaired) electrons. The van der Waals surface area contributed by atoms with Crippen molar-refractivity contribution in [2.45, 2.75) is 54.3 Å². The quantitative estimate of drug-likeness (QED) is 0.232. The predicted molar refractivity (Wildman–Crippen MR) is 95.4 cm³/mol. The molecular weight excluding hydrogens is 446 g/mol. The van der Waals surface area contributed by atoms with Gasteiger partial charge in [0.1, 0.15) is 0 Å². The van der Waals surface area contributed by atoms with Crippen molar-refractivity contribution in [2.75, 3.05) is 0 Å². The van der Waals surface area contributed by atoms with E-state index in [0.717, 1.165) is 23.7 Å². The van der Waals surface area contributed by atoms with Gasteiger partial charge < -0.3 is 0 Å². The lowest BCUT2D eigenvalue weighted by Gasteiger charge is -2.41. The lowest BCUT2D eigenvalue weighted by Crippen LogP contribution is -2.35. The van der Waals surface area contributed by atoms with Crippen LogP contribution in [0.5, 0.6) is 0 Å². The summed E-state index contributed by atoms with van der Waals surface area (Å²) in [5.74, 6) is 3.94. The number of hydrogen-bond donors (Lipinski definition) is 0. The third-order valence-corrected chi connectivity index (χ3v) is 8.10. The molecule has 4 atom stereocenters. The Morgan fingerprint density at radius 1 is 1.17 bits per heavy atom. The summed E-state index contributed by atoms with van der Waals surface area (Å²) >= 11 is 5.43. The van der Waals surface area contributed by atoms with Gasteiger partial charge in [-0.25, -0.2) is 0 Å². The fraction of sp³-hybridized carbons (Fsp3) is 0.875. The van der Waals surface area contributed by atoms with Crippen molar-refractivity contribution < 1.29 is 0 Å².